The zero-order valence-corrected chi connectivity index (χ0v) is 11.1. The summed E-state index contributed by atoms with van der Waals surface area (Å²) in [7, 11) is 0. The summed E-state index contributed by atoms with van der Waals surface area (Å²) in [6.45, 7) is 1.38. The van der Waals surface area contributed by atoms with Crippen LogP contribution in [0, 0.1) is 0 Å². The van der Waals surface area contributed by atoms with E-state index in [0.29, 0.717) is 18.8 Å². The van der Waals surface area contributed by atoms with E-state index in [0.717, 1.165) is 5.56 Å². The van der Waals surface area contributed by atoms with Crippen molar-refractivity contribution in [3.05, 3.63) is 71.3 Å². The fraction of sp³-hybridized carbons (Fsp3) is 0.118. The van der Waals surface area contributed by atoms with Crippen LogP contribution in [0.25, 0.3) is 6.08 Å². The number of nitrogens with two attached hydrogens (primary N) is 1. The molecule has 0 saturated heterocycles. The van der Waals surface area contributed by atoms with Gasteiger partial charge in [-0.15, -0.1) is 0 Å². The van der Waals surface area contributed by atoms with E-state index in [1.54, 1.807) is 6.08 Å². The topological polar surface area (TPSA) is 46.3 Å². The molecule has 2 aromatic rings. The van der Waals surface area contributed by atoms with Gasteiger partial charge in [0.2, 0.25) is 5.91 Å². The highest BCUT2D eigenvalue weighted by Gasteiger charge is 2.20. The lowest BCUT2D eigenvalue weighted by atomic mass is 10.1. The number of hydrogen-bond donors (Lipinski definition) is 1. The number of nitrogens with zero attached hydrogens (tertiary/aromatic N) is 1. The lowest BCUT2D eigenvalue weighted by molar-refractivity contribution is -0.126. The number of hydrogen-bond acceptors (Lipinski definition) is 2. The van der Waals surface area contributed by atoms with E-state index in [-0.39, 0.29) is 5.91 Å². The van der Waals surface area contributed by atoms with Crippen molar-refractivity contribution in [2.45, 2.75) is 13.1 Å². The van der Waals surface area contributed by atoms with E-state index >= 15 is 0 Å². The number of carbonyl (C=O) groups is 1. The van der Waals surface area contributed by atoms with Crippen molar-refractivity contribution in [1.82, 2.24) is 4.90 Å². The first kappa shape index (κ1) is 12.5. The van der Waals surface area contributed by atoms with Gasteiger partial charge in [-0.05, 0) is 34.9 Å². The monoisotopic (exact) mass is 264 g/mol. The summed E-state index contributed by atoms with van der Waals surface area (Å²) in [5.41, 5.74) is 9.83. The fourth-order valence-electron chi connectivity index (χ4n) is 2.42. The molecule has 3 rings (SSSR count). The summed E-state index contributed by atoms with van der Waals surface area (Å²) in [5.74, 6) is 0.0311. The Morgan fingerprint density at radius 3 is 2.40 bits per heavy atom. The Kier molecular flexibility index (Phi) is 3.25. The molecule has 1 aliphatic rings. The van der Waals surface area contributed by atoms with Crippen molar-refractivity contribution >= 4 is 17.7 Å². The molecule has 0 aromatic heterocycles. The summed E-state index contributed by atoms with van der Waals surface area (Å²) in [6, 6.07) is 15.7. The summed E-state index contributed by atoms with van der Waals surface area (Å²) < 4.78 is 0. The Bertz CT molecular complexity index is 651. The Morgan fingerprint density at radius 2 is 1.75 bits per heavy atom. The van der Waals surface area contributed by atoms with Gasteiger partial charge in [0, 0.05) is 24.9 Å². The lowest BCUT2D eigenvalue weighted by Gasteiger charge is -2.12. The van der Waals surface area contributed by atoms with E-state index in [4.69, 9.17) is 5.73 Å². The van der Waals surface area contributed by atoms with Crippen LogP contribution < -0.4 is 5.73 Å². The molecule has 2 aromatic carbocycles. The minimum absolute atomic E-state index is 0.0311. The highest BCUT2D eigenvalue weighted by atomic mass is 16.2. The number of amides is 1. The van der Waals surface area contributed by atoms with Crippen LogP contribution in [0.4, 0.5) is 5.69 Å². The van der Waals surface area contributed by atoms with Gasteiger partial charge in [-0.25, -0.2) is 0 Å². The molecule has 0 bridgehead atoms. The molecule has 2 N–H and O–H groups in total. The third-order valence-corrected chi connectivity index (χ3v) is 3.48. The maximum Gasteiger partial charge on any atom is 0.247 e. The second-order valence-corrected chi connectivity index (χ2v) is 4.97. The highest BCUT2D eigenvalue weighted by molar-refractivity contribution is 5.92. The van der Waals surface area contributed by atoms with Gasteiger partial charge in [-0.3, -0.25) is 4.79 Å². The van der Waals surface area contributed by atoms with Crippen molar-refractivity contribution in [3.63, 3.8) is 0 Å². The molecule has 3 heteroatoms. The van der Waals surface area contributed by atoms with Crippen LogP contribution in [-0.2, 0) is 17.9 Å². The Hall–Kier alpha value is -2.55. The Morgan fingerprint density at radius 1 is 1.05 bits per heavy atom. The molecule has 0 aliphatic carbocycles. The molecule has 0 fully saturated rings. The maximum absolute atomic E-state index is 12.2. The number of benzene rings is 2. The van der Waals surface area contributed by atoms with Crippen LogP contribution in [0.1, 0.15) is 16.7 Å². The van der Waals surface area contributed by atoms with E-state index in [9.17, 15) is 4.79 Å². The average molecular weight is 264 g/mol. The Balaban J connectivity index is 1.70. The predicted molar refractivity (Wildman–Crippen MR) is 80.6 cm³/mol. The van der Waals surface area contributed by atoms with Gasteiger partial charge >= 0.3 is 0 Å². The quantitative estimate of drug-likeness (QED) is 0.669. The Labute approximate surface area is 118 Å². The number of rotatable bonds is 2. The van der Waals surface area contributed by atoms with Crippen LogP contribution in [0.5, 0.6) is 0 Å². The van der Waals surface area contributed by atoms with Crippen LogP contribution in [0.2, 0.25) is 0 Å². The minimum Gasteiger partial charge on any atom is -0.399 e. The molecule has 1 amide bonds. The smallest absolute Gasteiger partial charge is 0.247 e. The molecule has 100 valence electrons. The second kappa shape index (κ2) is 5.21. The molecule has 0 spiro atoms. The molecular formula is C17H16N2O. The number of fused-ring (bicyclic) bond motifs is 1. The molecule has 3 nitrogen and oxygen atoms in total. The molecule has 0 radical (unpaired) electrons. The van der Waals surface area contributed by atoms with Crippen LogP contribution in [0.15, 0.2) is 54.6 Å². The van der Waals surface area contributed by atoms with Gasteiger partial charge in [-0.2, -0.15) is 0 Å². The van der Waals surface area contributed by atoms with Gasteiger partial charge in [0.15, 0.2) is 0 Å². The molecule has 20 heavy (non-hydrogen) atoms. The summed E-state index contributed by atoms with van der Waals surface area (Å²) >= 11 is 0. The number of carbonyl (C=O) groups excluding carboxylic acids is 1. The minimum atomic E-state index is 0.0311. The third-order valence-electron chi connectivity index (χ3n) is 3.48. The van der Waals surface area contributed by atoms with Gasteiger partial charge in [0.1, 0.15) is 0 Å². The van der Waals surface area contributed by atoms with Crippen molar-refractivity contribution in [2.24, 2.45) is 0 Å². The van der Waals surface area contributed by atoms with Crippen molar-refractivity contribution in [2.75, 3.05) is 5.73 Å². The second-order valence-electron chi connectivity index (χ2n) is 4.97. The first-order valence-corrected chi connectivity index (χ1v) is 6.62. The maximum atomic E-state index is 12.2. The number of nitrogen functional groups attached to an aromatic ring is 1. The molecule has 0 saturated carbocycles. The summed E-state index contributed by atoms with van der Waals surface area (Å²) in [5, 5.41) is 0. The largest absolute Gasteiger partial charge is 0.399 e. The molecule has 1 heterocycles. The van der Waals surface area contributed by atoms with Crippen molar-refractivity contribution in [3.8, 4) is 0 Å². The molecular weight excluding hydrogens is 248 g/mol. The third kappa shape index (κ3) is 2.57. The first-order valence-electron chi connectivity index (χ1n) is 6.62. The normalized spacial score (nSPS) is 13.7. The fourth-order valence-corrected chi connectivity index (χ4v) is 2.42. The van der Waals surface area contributed by atoms with Gasteiger partial charge in [0.05, 0.1) is 0 Å². The zero-order chi connectivity index (χ0) is 13.9. The molecule has 1 aliphatic heterocycles. The van der Waals surface area contributed by atoms with E-state index in [2.05, 4.69) is 12.1 Å². The van der Waals surface area contributed by atoms with Gasteiger partial charge in [0.25, 0.3) is 0 Å². The molecule has 0 unspecified atom stereocenters. The number of anilines is 1. The van der Waals surface area contributed by atoms with Crippen LogP contribution in [0.3, 0.4) is 0 Å². The van der Waals surface area contributed by atoms with Crippen LogP contribution >= 0.6 is 0 Å². The zero-order valence-electron chi connectivity index (χ0n) is 11.1. The van der Waals surface area contributed by atoms with Crippen molar-refractivity contribution in [1.29, 1.82) is 0 Å². The summed E-state index contributed by atoms with van der Waals surface area (Å²) in [6.07, 6.45) is 3.42. The molecule has 0 atom stereocenters. The predicted octanol–water partition coefficient (Wildman–Crippen LogP) is 2.82. The van der Waals surface area contributed by atoms with E-state index in [1.807, 2.05) is 47.4 Å². The average Bonchev–Trinajstić information content (AvgIpc) is 2.89. The van der Waals surface area contributed by atoms with Crippen molar-refractivity contribution < 1.29 is 4.79 Å². The van der Waals surface area contributed by atoms with Gasteiger partial charge < -0.3 is 10.6 Å². The summed E-state index contributed by atoms with van der Waals surface area (Å²) in [4.78, 5) is 14.0. The van der Waals surface area contributed by atoms with Crippen LogP contribution in [-0.4, -0.2) is 10.8 Å². The first-order chi connectivity index (χ1) is 9.72. The lowest BCUT2D eigenvalue weighted by Crippen LogP contribution is -2.22. The SMILES string of the molecule is Nc1cccc(/C=C/C(=O)N2Cc3ccccc3C2)c1. The standard InChI is InChI=1S/C17H16N2O/c18-16-7-3-4-13(10-16)8-9-17(20)19-11-14-5-1-2-6-15(14)12-19/h1-10H,11-12,18H2/b9-8+. The highest BCUT2D eigenvalue weighted by Crippen LogP contribution is 2.22. The van der Waals surface area contributed by atoms with Gasteiger partial charge in [-0.1, -0.05) is 36.4 Å². The van der Waals surface area contributed by atoms with E-state index in [1.165, 1.54) is 11.1 Å². The van der Waals surface area contributed by atoms with E-state index < -0.39 is 0 Å².